The highest BCUT2D eigenvalue weighted by Crippen LogP contribution is 2.25. The largest absolute Gasteiger partial charge is 0.480 e. The number of aliphatic carboxylic acids is 1. The van der Waals surface area contributed by atoms with Crippen LogP contribution in [0.5, 0.6) is 0 Å². The Morgan fingerprint density at radius 2 is 2.31 bits per heavy atom. The van der Waals surface area contributed by atoms with Crippen molar-refractivity contribution in [2.45, 2.75) is 18.9 Å². The van der Waals surface area contributed by atoms with Gasteiger partial charge in [0.1, 0.15) is 0 Å². The van der Waals surface area contributed by atoms with Crippen LogP contribution in [0.15, 0.2) is 25.1 Å². The van der Waals surface area contributed by atoms with Gasteiger partial charge in [0.15, 0.2) is 6.04 Å². The molecule has 1 aliphatic rings. The Morgan fingerprint density at radius 1 is 1.69 bits per heavy atom. The third kappa shape index (κ3) is 2.71. The van der Waals surface area contributed by atoms with Crippen LogP contribution in [0.3, 0.4) is 0 Å². The molecule has 0 saturated heterocycles. The van der Waals surface area contributed by atoms with Crippen LogP contribution in [0.4, 0.5) is 8.78 Å². The Kier molecular flexibility index (Phi) is 3.51. The fourth-order valence-corrected chi connectivity index (χ4v) is 1.59. The van der Waals surface area contributed by atoms with Crippen molar-refractivity contribution < 1.29 is 18.7 Å². The second-order valence-corrected chi connectivity index (χ2v) is 3.71. The maximum Gasteiger partial charge on any atom is 0.332 e. The van der Waals surface area contributed by atoms with Crippen molar-refractivity contribution in [1.29, 1.82) is 0 Å². The lowest BCUT2D eigenvalue weighted by Crippen LogP contribution is -2.49. The third-order valence-electron chi connectivity index (χ3n) is 2.22. The number of hydrogen-bond donors (Lipinski definition) is 1. The van der Waals surface area contributed by atoms with Crippen LogP contribution in [0.25, 0.3) is 0 Å². The van der Waals surface area contributed by atoms with Gasteiger partial charge < -0.3 is 14.9 Å². The van der Waals surface area contributed by atoms with Crippen LogP contribution in [0.1, 0.15) is 6.92 Å². The normalized spacial score (nSPS) is 17.7. The molecule has 0 spiro atoms. The van der Waals surface area contributed by atoms with Gasteiger partial charge in [0.25, 0.3) is 5.92 Å². The molecular formula is C10H14F2N2O2. The van der Waals surface area contributed by atoms with E-state index >= 15 is 0 Å². The summed E-state index contributed by atoms with van der Waals surface area (Å²) in [5.41, 5.74) is 0. The van der Waals surface area contributed by atoms with Crippen molar-refractivity contribution in [2.75, 3.05) is 13.2 Å². The van der Waals surface area contributed by atoms with Gasteiger partial charge in [-0.2, -0.15) is 0 Å². The summed E-state index contributed by atoms with van der Waals surface area (Å²) >= 11 is 0. The van der Waals surface area contributed by atoms with Gasteiger partial charge in [0.05, 0.1) is 6.67 Å². The van der Waals surface area contributed by atoms with E-state index in [2.05, 4.69) is 6.58 Å². The fraction of sp³-hybridized carbons (Fsp3) is 0.500. The van der Waals surface area contributed by atoms with E-state index in [1.165, 1.54) is 6.20 Å². The molecule has 1 atom stereocenters. The summed E-state index contributed by atoms with van der Waals surface area (Å²) in [5, 5.41) is 8.79. The molecule has 0 amide bonds. The average molecular weight is 232 g/mol. The Hall–Kier alpha value is -1.59. The molecule has 1 rings (SSSR count). The smallest absolute Gasteiger partial charge is 0.332 e. The number of carboxylic acid groups (broad SMARTS) is 1. The van der Waals surface area contributed by atoms with Gasteiger partial charge in [-0.15, -0.1) is 6.58 Å². The van der Waals surface area contributed by atoms with E-state index in [-0.39, 0.29) is 6.67 Å². The van der Waals surface area contributed by atoms with Gasteiger partial charge in [0, 0.05) is 25.9 Å². The van der Waals surface area contributed by atoms with E-state index in [0.29, 0.717) is 13.5 Å². The molecule has 0 aromatic rings. The van der Waals surface area contributed by atoms with Crippen LogP contribution >= 0.6 is 0 Å². The van der Waals surface area contributed by atoms with Crippen LogP contribution < -0.4 is 0 Å². The van der Waals surface area contributed by atoms with E-state index in [0.717, 1.165) is 4.90 Å². The van der Waals surface area contributed by atoms with Crippen LogP contribution in [-0.2, 0) is 4.79 Å². The van der Waals surface area contributed by atoms with Gasteiger partial charge >= 0.3 is 5.97 Å². The number of carboxylic acids is 1. The number of carbonyl (C=O) groups is 1. The number of nitrogens with zero attached hydrogens (tertiary/aromatic N) is 2. The molecular weight excluding hydrogens is 218 g/mol. The summed E-state index contributed by atoms with van der Waals surface area (Å²) in [6, 6.07) is -1.83. The van der Waals surface area contributed by atoms with E-state index < -0.39 is 17.9 Å². The zero-order valence-electron chi connectivity index (χ0n) is 8.94. The first kappa shape index (κ1) is 12.5. The highest BCUT2D eigenvalue weighted by atomic mass is 19.3. The van der Waals surface area contributed by atoms with Crippen molar-refractivity contribution in [3.8, 4) is 0 Å². The predicted octanol–water partition coefficient (Wildman–Crippen LogP) is 1.33. The van der Waals surface area contributed by atoms with Crippen LogP contribution in [0, 0.1) is 0 Å². The lowest BCUT2D eigenvalue weighted by molar-refractivity contribution is -0.156. The molecule has 0 bridgehead atoms. The highest BCUT2D eigenvalue weighted by Gasteiger charge is 2.44. The fourth-order valence-electron chi connectivity index (χ4n) is 1.59. The van der Waals surface area contributed by atoms with Crippen molar-refractivity contribution in [2.24, 2.45) is 0 Å². The molecule has 1 heterocycles. The molecule has 0 aromatic heterocycles. The van der Waals surface area contributed by atoms with Crippen LogP contribution in [-0.4, -0.2) is 46.1 Å². The minimum atomic E-state index is -3.29. The Bertz CT molecular complexity index is 312. The molecule has 0 aromatic carbocycles. The number of alkyl halides is 2. The molecule has 1 aliphatic heterocycles. The second-order valence-electron chi connectivity index (χ2n) is 3.71. The zero-order chi connectivity index (χ0) is 12.3. The quantitative estimate of drug-likeness (QED) is 0.726. The second kappa shape index (κ2) is 4.51. The van der Waals surface area contributed by atoms with E-state index in [4.69, 9.17) is 5.11 Å². The Labute approximate surface area is 92.4 Å². The predicted molar refractivity (Wildman–Crippen MR) is 54.8 cm³/mol. The topological polar surface area (TPSA) is 43.8 Å². The maximum absolute atomic E-state index is 13.1. The first-order chi connectivity index (χ1) is 7.36. The van der Waals surface area contributed by atoms with E-state index in [1.54, 1.807) is 17.2 Å². The summed E-state index contributed by atoms with van der Waals surface area (Å²) < 4.78 is 26.2. The summed E-state index contributed by atoms with van der Waals surface area (Å²) in [6.45, 7) is 4.75. The van der Waals surface area contributed by atoms with Gasteiger partial charge in [-0.05, 0) is 0 Å². The minimum Gasteiger partial charge on any atom is -0.480 e. The number of halogens is 2. The maximum atomic E-state index is 13.1. The summed E-state index contributed by atoms with van der Waals surface area (Å²) in [6.07, 6.45) is 4.55. The SMILES string of the molecule is C=CCN1C=CN(C(C(=O)O)C(C)(F)F)C1. The van der Waals surface area contributed by atoms with Gasteiger partial charge in [-0.1, -0.05) is 6.08 Å². The Morgan fingerprint density at radius 3 is 2.75 bits per heavy atom. The van der Waals surface area contributed by atoms with Crippen molar-refractivity contribution in [1.82, 2.24) is 9.80 Å². The van der Waals surface area contributed by atoms with Gasteiger partial charge in [-0.3, -0.25) is 0 Å². The molecule has 90 valence electrons. The lowest BCUT2D eigenvalue weighted by Gasteiger charge is -2.30. The van der Waals surface area contributed by atoms with Gasteiger partial charge in [-0.25, -0.2) is 13.6 Å². The lowest BCUT2D eigenvalue weighted by atomic mass is 10.1. The third-order valence-corrected chi connectivity index (χ3v) is 2.22. The summed E-state index contributed by atoms with van der Waals surface area (Å²) in [4.78, 5) is 13.6. The molecule has 6 heteroatoms. The highest BCUT2D eigenvalue weighted by molar-refractivity contribution is 5.75. The molecule has 0 fully saturated rings. The molecule has 0 aliphatic carbocycles. The number of rotatable bonds is 5. The molecule has 1 N–H and O–H groups in total. The molecule has 4 nitrogen and oxygen atoms in total. The summed E-state index contributed by atoms with van der Waals surface area (Å²) in [7, 11) is 0. The zero-order valence-corrected chi connectivity index (χ0v) is 8.94. The summed E-state index contributed by atoms with van der Waals surface area (Å²) in [5.74, 6) is -4.82. The first-order valence-corrected chi connectivity index (χ1v) is 4.76. The number of hydrogen-bond acceptors (Lipinski definition) is 3. The Balaban J connectivity index is 2.74. The standard InChI is InChI=1S/C10H14F2N2O2/c1-3-4-13-5-6-14(7-13)8(9(15)16)10(2,11)12/h3,5-6,8H,1,4,7H2,2H3,(H,15,16). The monoisotopic (exact) mass is 232 g/mol. The van der Waals surface area contributed by atoms with Crippen molar-refractivity contribution >= 4 is 5.97 Å². The molecule has 1 unspecified atom stereocenters. The molecule has 16 heavy (non-hydrogen) atoms. The molecule has 0 saturated carbocycles. The van der Waals surface area contributed by atoms with E-state index in [1.807, 2.05) is 0 Å². The van der Waals surface area contributed by atoms with Crippen molar-refractivity contribution in [3.05, 3.63) is 25.1 Å². The first-order valence-electron chi connectivity index (χ1n) is 4.76. The van der Waals surface area contributed by atoms with Crippen LogP contribution in [0.2, 0.25) is 0 Å². The minimum absolute atomic E-state index is 0.131. The van der Waals surface area contributed by atoms with E-state index in [9.17, 15) is 13.6 Å². The average Bonchev–Trinajstić information content (AvgIpc) is 2.50. The van der Waals surface area contributed by atoms with Gasteiger partial charge in [0.2, 0.25) is 0 Å². The van der Waals surface area contributed by atoms with Crippen molar-refractivity contribution in [3.63, 3.8) is 0 Å². The molecule has 0 radical (unpaired) electrons.